The number of aromatic nitrogens is 3. The Balaban J connectivity index is 0.000000170. The van der Waals surface area contributed by atoms with Crippen LogP contribution in [0.4, 0.5) is 9.59 Å². The maximum Gasteiger partial charge on any atom is 0.411 e. The summed E-state index contributed by atoms with van der Waals surface area (Å²) in [7, 11) is 1.62. The Hall–Kier alpha value is -11.9. The topological polar surface area (TPSA) is 560 Å². The molecule has 47 heteroatoms. The molecule has 142 heavy (non-hydrogen) atoms. The molecule has 0 saturated carbocycles. The van der Waals surface area contributed by atoms with Crippen molar-refractivity contribution in [2.24, 2.45) is 7.05 Å². The van der Waals surface area contributed by atoms with Gasteiger partial charge in [0.05, 0.1) is 76.8 Å². The van der Waals surface area contributed by atoms with Crippen molar-refractivity contribution in [3.05, 3.63) is 91.4 Å². The molecule has 3 aromatic rings. The molecule has 0 aliphatic carbocycles. The van der Waals surface area contributed by atoms with Crippen LogP contribution in [0.1, 0.15) is 172 Å². The summed E-state index contributed by atoms with van der Waals surface area (Å²) in [4.78, 5) is 247. The van der Waals surface area contributed by atoms with Crippen molar-refractivity contribution in [2.45, 2.75) is 240 Å². The number of β-lactam (4-membered cyclic amide) rings is 5. The van der Waals surface area contributed by atoms with E-state index >= 15 is 0 Å². The molecule has 5 unspecified atom stereocenters. The minimum Gasteiger partial charge on any atom is -0.480 e. The van der Waals surface area contributed by atoms with Crippen LogP contribution in [0.3, 0.4) is 0 Å². The Kier molecular flexibility index (Phi) is 37.3. The van der Waals surface area contributed by atoms with Crippen LogP contribution < -0.4 is 26.6 Å². The molecule has 0 radical (unpaired) electrons. The number of aliphatic carboxylic acids is 1. The van der Waals surface area contributed by atoms with Gasteiger partial charge in [-0.1, -0.05) is 60.7 Å². The van der Waals surface area contributed by atoms with Crippen molar-refractivity contribution in [3.8, 4) is 0 Å². The van der Waals surface area contributed by atoms with Gasteiger partial charge in [-0.15, -0.1) is 0 Å². The Morgan fingerprint density at radius 3 is 0.965 bits per heavy atom. The van der Waals surface area contributed by atoms with E-state index in [1.54, 1.807) is 31.5 Å². The number of benzene rings is 2. The van der Waals surface area contributed by atoms with Crippen molar-refractivity contribution < 1.29 is 142 Å². The van der Waals surface area contributed by atoms with Crippen molar-refractivity contribution >= 4 is 107 Å². The van der Waals surface area contributed by atoms with E-state index in [0.717, 1.165) is 88.3 Å². The minimum absolute atomic E-state index is 0. The average molecular weight is 2080 g/mol. The zero-order chi connectivity index (χ0) is 101. The number of likely N-dealkylation sites (tertiary alicyclic amines) is 13. The first-order valence-corrected chi connectivity index (χ1v) is 48.7. The number of aliphatic hydroxyl groups excluding tert-OH is 4. The number of carboxylic acids is 1. The van der Waals surface area contributed by atoms with Gasteiger partial charge in [-0.25, -0.2) is 19.3 Å². The number of carboxylic acid groups (broad SMARTS) is 1. The third-order valence-corrected chi connectivity index (χ3v) is 28.9. The van der Waals surface area contributed by atoms with Crippen LogP contribution in [-0.2, 0) is 122 Å². The summed E-state index contributed by atoms with van der Waals surface area (Å²) in [5.41, 5.74) is -2.35. The van der Waals surface area contributed by atoms with E-state index in [-0.39, 0.29) is 164 Å². The molecule has 17 amide bonds. The standard InChI is InChI=1S/C24H32N4O6.C20H29N7O5.C18H28N4O5.C16H26N4O4.C16H18N2O5.CH3.Pd/c1-17(29)20(21(31)26-11-5-6-12-26)25-19(30)14-27-16-24(22(27)32)10-7-13-28(24)23(33)34-15-18-8-3-2-4-9-18;1-13(28)15(17(30)25-7-3-4-8-25)23-14(29)10-26-11-20(19(26)32)6-5-9-27(20)18(31)16-21-12-22-24(16)2;1-12(23)15(16(26)20-7-3-4-8-20)19-14(25)10-21-11-18(17(21)27)6-5-9-22(18)13(2)24;1-11(21)13(14(23)19-7-2-3-8-19)18-12(22)9-20-10-16(15(20)24)5-4-6-17-16;19-13(20)9-17-11-16(14(17)21)7-4-8-18(16)15(22)23-10-12-5-2-1-3-6-12;;/h2-4,8-9,17,20,29H,5-7,10-16H2,1H3,(H,25,30);12-13,15,28H,3-11H2,1-2H3,(H,23,29);12,15,23H,3-11H2,1-2H3,(H,19,25);11,13,17,21H,2-10H2,1H3,(H,18,22);1-3,5-6H,4,7-11H2,(H,19,20);1H3;/q;;;;;-1;/t17-,20+,24?;13-,15+,20?;12-,15+,18?;11-,13+,16?;;;/m1111.../s1. The van der Waals surface area contributed by atoms with Crippen molar-refractivity contribution in [2.75, 3.05) is 151 Å². The third kappa shape index (κ3) is 24.3. The van der Waals surface area contributed by atoms with E-state index in [1.807, 2.05) is 60.7 Å². The van der Waals surface area contributed by atoms with Crippen LogP contribution in [-0.4, -0.2) is 438 Å². The molecule has 17 rings (SSSR count). The summed E-state index contributed by atoms with van der Waals surface area (Å²) in [6.07, 6.45) is 10.3. The fraction of sp³-hybridized carbons (Fsp3) is 0.653. The second-order valence-corrected chi connectivity index (χ2v) is 38.8. The maximum atomic E-state index is 13.0. The van der Waals surface area contributed by atoms with Crippen molar-refractivity contribution in [3.63, 3.8) is 0 Å². The molecule has 0 bridgehead atoms. The first kappa shape index (κ1) is 110. The monoisotopic (exact) mass is 2080 g/mol. The molecular weight excluding hydrogens is 1940 g/mol. The Morgan fingerprint density at radius 1 is 0.394 bits per heavy atom. The van der Waals surface area contributed by atoms with Gasteiger partial charge in [-0.3, -0.25) is 86.5 Å². The van der Waals surface area contributed by atoms with Crippen LogP contribution >= 0.6 is 0 Å². The molecule has 13 atom stereocenters. The van der Waals surface area contributed by atoms with Crippen molar-refractivity contribution in [1.82, 2.24) is 105 Å². The van der Waals surface area contributed by atoms with E-state index in [0.29, 0.717) is 137 Å². The number of hydrogen-bond acceptors (Lipinski definition) is 27. The van der Waals surface area contributed by atoms with Gasteiger partial charge < -0.3 is 123 Å². The first-order chi connectivity index (χ1) is 66.8. The molecule has 5 spiro atoms. The van der Waals surface area contributed by atoms with Gasteiger partial charge in [0.25, 0.3) is 29.5 Å². The SMILES string of the molecule is CC(=O)N1CCCC12CN(CC(=O)N[C@H](C(=O)N1CCCC1)[C@@H](C)O)C2=O.C[C@@H](O)[C@H](NC(=O)CN1CC2(CCCN2)C1=O)C(=O)N1CCCC1.C[C@@H](O)[C@H](NC(=O)CN1CC2(CCCN2C(=O)OCc2ccccc2)C1=O)C(=O)N1CCCC1.C[C@@H](O)[C@H](NC(=O)CN1CC2(CCCN2C(=O)c2ncnn2C)C1=O)C(=O)N1CCCC1.O=C(O)CN1CC2(CCCN2C(=O)OCc2ccccc2)C1=O.[CH3-].[Pd]. The van der Waals surface area contributed by atoms with Crippen LogP contribution in [0.25, 0.3) is 0 Å². The summed E-state index contributed by atoms with van der Waals surface area (Å²) in [6.45, 7) is 15.9. The summed E-state index contributed by atoms with van der Waals surface area (Å²) >= 11 is 0. The summed E-state index contributed by atoms with van der Waals surface area (Å²) < 4.78 is 12.1. The Bertz CT molecular complexity index is 5080. The number of aliphatic hydroxyl groups is 4. The molecule has 10 N–H and O–H groups in total. The number of carbonyl (C=O) groups is 18. The van der Waals surface area contributed by atoms with E-state index in [2.05, 4.69) is 36.7 Å². The second kappa shape index (κ2) is 48.0. The molecule has 2 aromatic carbocycles. The molecule has 46 nitrogen and oxygen atoms in total. The smallest absolute Gasteiger partial charge is 0.411 e. The van der Waals surface area contributed by atoms with E-state index in [1.165, 1.54) is 84.8 Å². The number of carbonyl (C=O) groups excluding carboxylic acids is 17. The van der Waals surface area contributed by atoms with E-state index < -0.39 is 118 Å². The van der Waals surface area contributed by atoms with Gasteiger partial charge >= 0.3 is 18.2 Å². The van der Waals surface area contributed by atoms with Crippen LogP contribution in [0.15, 0.2) is 67.0 Å². The largest absolute Gasteiger partial charge is 0.480 e. The fourth-order valence-electron chi connectivity index (χ4n) is 21.4. The predicted molar refractivity (Wildman–Crippen MR) is 499 cm³/mol. The number of ether oxygens (including phenoxy) is 2. The number of amides is 17. The molecule has 782 valence electrons. The average Bonchev–Trinajstić information content (AvgIpc) is 1.58. The number of nitrogens with zero attached hydrogens (tertiary/aromatic N) is 16. The maximum absolute atomic E-state index is 13.0. The number of rotatable bonds is 27. The summed E-state index contributed by atoms with van der Waals surface area (Å²) in [5.74, 6) is -5.61. The zero-order valence-corrected chi connectivity index (χ0v) is 83.3. The number of nitrogens with one attached hydrogen (secondary N) is 5. The summed E-state index contributed by atoms with van der Waals surface area (Å²) in [5, 5.41) is 66.1. The molecule has 1 aromatic heterocycles. The van der Waals surface area contributed by atoms with Gasteiger partial charge in [-0.2, -0.15) is 5.10 Å². The Morgan fingerprint density at radius 2 is 0.690 bits per heavy atom. The van der Waals surface area contributed by atoms with Gasteiger partial charge in [0.2, 0.25) is 64.9 Å². The van der Waals surface area contributed by atoms with Crippen LogP contribution in [0.5, 0.6) is 0 Å². The minimum atomic E-state index is -1.06. The quantitative estimate of drug-likeness (QED) is 0.0211. The van der Waals surface area contributed by atoms with Gasteiger partial charge in [0, 0.05) is 119 Å². The summed E-state index contributed by atoms with van der Waals surface area (Å²) in [6, 6.07) is 14.6. The van der Waals surface area contributed by atoms with Crippen molar-refractivity contribution in [1.29, 1.82) is 0 Å². The second-order valence-electron chi connectivity index (χ2n) is 38.8. The van der Waals surface area contributed by atoms with Crippen LogP contribution in [0, 0.1) is 7.43 Å². The van der Waals surface area contributed by atoms with Gasteiger partial charge in [0.15, 0.2) is 0 Å². The van der Waals surface area contributed by atoms with Crippen LogP contribution in [0.2, 0.25) is 0 Å². The van der Waals surface area contributed by atoms with Gasteiger partial charge in [-0.05, 0) is 161 Å². The predicted octanol–water partition coefficient (Wildman–Crippen LogP) is -2.72. The van der Waals surface area contributed by atoms with E-state index in [9.17, 15) is 107 Å². The fourth-order valence-corrected chi connectivity index (χ4v) is 21.4. The number of aryl methyl sites for hydroxylation is 1. The first-order valence-electron chi connectivity index (χ1n) is 48.7. The molecule has 14 aliphatic heterocycles. The van der Waals surface area contributed by atoms with E-state index in [4.69, 9.17) is 14.6 Å². The Labute approximate surface area is 837 Å². The van der Waals surface area contributed by atoms with Gasteiger partial charge in [0.1, 0.15) is 77.9 Å². The zero-order valence-electron chi connectivity index (χ0n) is 81.7. The normalized spacial score (nSPS) is 24.9. The molecule has 14 fully saturated rings. The third-order valence-electron chi connectivity index (χ3n) is 28.9. The molecule has 15 heterocycles. The molecule has 14 saturated heterocycles. The molecule has 14 aliphatic rings. The number of hydrogen-bond donors (Lipinski definition) is 10. The molecular formula is C95H136N21O25Pd-.